The minimum atomic E-state index is -0.0378. The van der Waals surface area contributed by atoms with Gasteiger partial charge >= 0.3 is 0 Å². The Morgan fingerprint density at radius 1 is 1.31 bits per heavy atom. The summed E-state index contributed by atoms with van der Waals surface area (Å²) < 4.78 is 5.08. The monoisotopic (exact) mass is 212 g/mol. The van der Waals surface area contributed by atoms with Crippen LogP contribution in [0.4, 0.5) is 0 Å². The number of carbonyl (C=O) groups is 1. The highest BCUT2D eigenvalue weighted by Gasteiger charge is 1.95. The highest BCUT2D eigenvalue weighted by atomic mass is 16.3. The maximum Gasteiger partial charge on any atom is 0.178 e. The Bertz CT molecular complexity index is 471. The maximum absolute atomic E-state index is 11.4. The van der Waals surface area contributed by atoms with Crippen LogP contribution in [0, 0.1) is 0 Å². The van der Waals surface area contributed by atoms with Crippen molar-refractivity contribution in [2.45, 2.75) is 6.42 Å². The molecule has 0 saturated heterocycles. The summed E-state index contributed by atoms with van der Waals surface area (Å²) >= 11 is 0. The zero-order chi connectivity index (χ0) is 11.2. The van der Waals surface area contributed by atoms with Crippen molar-refractivity contribution >= 4 is 11.9 Å². The molecule has 0 unspecified atom stereocenters. The second-order valence-electron chi connectivity index (χ2n) is 3.46. The first kappa shape index (κ1) is 10.4. The SMILES string of the molecule is O=C(/C=C/C1=CC=CC1)/C=C/c1ccco1. The van der Waals surface area contributed by atoms with E-state index in [1.807, 2.05) is 18.2 Å². The van der Waals surface area contributed by atoms with E-state index in [-0.39, 0.29) is 5.78 Å². The third-order valence-corrected chi connectivity index (χ3v) is 2.22. The molecule has 0 saturated carbocycles. The Labute approximate surface area is 94.3 Å². The number of carbonyl (C=O) groups excluding carboxylic acids is 1. The molecule has 1 heterocycles. The van der Waals surface area contributed by atoms with E-state index in [9.17, 15) is 4.79 Å². The second kappa shape index (κ2) is 5.12. The van der Waals surface area contributed by atoms with E-state index < -0.39 is 0 Å². The van der Waals surface area contributed by atoms with Crippen LogP contribution in [-0.4, -0.2) is 5.78 Å². The highest BCUT2D eigenvalue weighted by Crippen LogP contribution is 2.11. The van der Waals surface area contributed by atoms with E-state index >= 15 is 0 Å². The van der Waals surface area contributed by atoms with Crippen LogP contribution in [-0.2, 0) is 4.79 Å². The number of furan rings is 1. The Balaban J connectivity index is 1.89. The van der Waals surface area contributed by atoms with E-state index in [0.29, 0.717) is 5.76 Å². The maximum atomic E-state index is 11.4. The fourth-order valence-corrected chi connectivity index (χ4v) is 1.38. The molecule has 0 spiro atoms. The normalized spacial score (nSPS) is 15.1. The number of ketones is 1. The van der Waals surface area contributed by atoms with Crippen molar-refractivity contribution in [1.82, 2.24) is 0 Å². The molecule has 0 amide bonds. The lowest BCUT2D eigenvalue weighted by atomic mass is 10.2. The minimum Gasteiger partial charge on any atom is -0.465 e. The van der Waals surface area contributed by atoms with Gasteiger partial charge in [-0.3, -0.25) is 4.79 Å². The third kappa shape index (κ3) is 2.95. The standard InChI is InChI=1S/C14H12O2/c15-13(8-7-12-4-1-2-5-12)9-10-14-6-3-11-16-14/h1-4,6-11H,5H2/b8-7+,10-9+. The average Bonchev–Trinajstić information content (AvgIpc) is 2.96. The summed E-state index contributed by atoms with van der Waals surface area (Å²) in [7, 11) is 0. The smallest absolute Gasteiger partial charge is 0.178 e. The van der Waals surface area contributed by atoms with Crippen molar-refractivity contribution in [3.05, 3.63) is 66.2 Å². The first-order valence-electron chi connectivity index (χ1n) is 5.14. The Hall–Kier alpha value is -2.09. The number of hydrogen-bond donors (Lipinski definition) is 0. The average molecular weight is 212 g/mol. The molecule has 1 aromatic heterocycles. The number of rotatable bonds is 4. The van der Waals surface area contributed by atoms with Crippen LogP contribution in [0.25, 0.3) is 6.08 Å². The lowest BCUT2D eigenvalue weighted by Gasteiger charge is -1.88. The molecule has 0 atom stereocenters. The molecule has 2 heteroatoms. The summed E-state index contributed by atoms with van der Waals surface area (Å²) in [5.74, 6) is 0.646. The van der Waals surface area contributed by atoms with E-state index in [2.05, 4.69) is 6.08 Å². The zero-order valence-corrected chi connectivity index (χ0v) is 8.80. The lowest BCUT2D eigenvalue weighted by molar-refractivity contribution is -0.110. The third-order valence-electron chi connectivity index (χ3n) is 2.22. The van der Waals surface area contributed by atoms with Crippen molar-refractivity contribution in [2.75, 3.05) is 0 Å². The van der Waals surface area contributed by atoms with Gasteiger partial charge in [-0.05, 0) is 42.4 Å². The quantitative estimate of drug-likeness (QED) is 0.717. The largest absolute Gasteiger partial charge is 0.465 e. The van der Waals surface area contributed by atoms with Gasteiger partial charge in [0.25, 0.3) is 0 Å². The van der Waals surface area contributed by atoms with Crippen LogP contribution in [0.1, 0.15) is 12.2 Å². The second-order valence-corrected chi connectivity index (χ2v) is 3.46. The summed E-state index contributed by atoms with van der Waals surface area (Å²) in [5, 5.41) is 0. The molecule has 2 nitrogen and oxygen atoms in total. The number of allylic oxidation sites excluding steroid dienone is 7. The molecule has 2 rings (SSSR count). The van der Waals surface area contributed by atoms with Crippen LogP contribution in [0.3, 0.4) is 0 Å². The summed E-state index contributed by atoms with van der Waals surface area (Å²) in [4.78, 5) is 11.4. The lowest BCUT2D eigenvalue weighted by Crippen LogP contribution is -1.84. The van der Waals surface area contributed by atoms with E-state index in [0.717, 1.165) is 12.0 Å². The van der Waals surface area contributed by atoms with Crippen LogP contribution >= 0.6 is 0 Å². The van der Waals surface area contributed by atoms with Gasteiger partial charge in [0.15, 0.2) is 5.78 Å². The summed E-state index contributed by atoms with van der Waals surface area (Å²) in [5.41, 5.74) is 1.15. The van der Waals surface area contributed by atoms with E-state index in [4.69, 9.17) is 4.42 Å². The predicted molar refractivity (Wildman–Crippen MR) is 63.7 cm³/mol. The first-order chi connectivity index (χ1) is 7.84. The van der Waals surface area contributed by atoms with Gasteiger partial charge in [0, 0.05) is 0 Å². The van der Waals surface area contributed by atoms with Crippen molar-refractivity contribution in [2.24, 2.45) is 0 Å². The molecule has 0 aromatic carbocycles. The number of hydrogen-bond acceptors (Lipinski definition) is 2. The van der Waals surface area contributed by atoms with E-state index in [1.165, 1.54) is 6.08 Å². The van der Waals surface area contributed by atoms with Gasteiger partial charge in [-0.25, -0.2) is 0 Å². The predicted octanol–water partition coefficient (Wildman–Crippen LogP) is 3.30. The van der Waals surface area contributed by atoms with Gasteiger partial charge < -0.3 is 4.42 Å². The first-order valence-corrected chi connectivity index (χ1v) is 5.14. The van der Waals surface area contributed by atoms with Crippen LogP contribution in [0.15, 0.2) is 64.8 Å². The summed E-state index contributed by atoms with van der Waals surface area (Å²) in [6, 6.07) is 3.59. The summed E-state index contributed by atoms with van der Waals surface area (Å²) in [6.45, 7) is 0. The van der Waals surface area contributed by atoms with Crippen molar-refractivity contribution in [1.29, 1.82) is 0 Å². The Kier molecular flexibility index (Phi) is 3.34. The van der Waals surface area contributed by atoms with Gasteiger partial charge in [-0.15, -0.1) is 0 Å². The van der Waals surface area contributed by atoms with Crippen LogP contribution in [0.5, 0.6) is 0 Å². The molecular formula is C14H12O2. The zero-order valence-electron chi connectivity index (χ0n) is 8.80. The van der Waals surface area contributed by atoms with Crippen molar-refractivity contribution in [3.63, 3.8) is 0 Å². The van der Waals surface area contributed by atoms with Gasteiger partial charge in [0.2, 0.25) is 0 Å². The molecule has 80 valence electrons. The molecule has 0 N–H and O–H groups in total. The van der Waals surface area contributed by atoms with Crippen LogP contribution in [0.2, 0.25) is 0 Å². The Morgan fingerprint density at radius 3 is 2.88 bits per heavy atom. The topological polar surface area (TPSA) is 30.2 Å². The Morgan fingerprint density at radius 2 is 2.19 bits per heavy atom. The van der Waals surface area contributed by atoms with Crippen LogP contribution < -0.4 is 0 Å². The molecule has 0 radical (unpaired) electrons. The molecular weight excluding hydrogens is 200 g/mol. The van der Waals surface area contributed by atoms with Gasteiger partial charge in [0.1, 0.15) is 5.76 Å². The highest BCUT2D eigenvalue weighted by molar-refractivity contribution is 6.02. The fraction of sp³-hybridized carbons (Fsp3) is 0.0714. The molecule has 0 bridgehead atoms. The summed E-state index contributed by atoms with van der Waals surface area (Å²) in [6.07, 6.45) is 15.1. The van der Waals surface area contributed by atoms with Gasteiger partial charge in [-0.2, -0.15) is 0 Å². The van der Waals surface area contributed by atoms with Gasteiger partial charge in [-0.1, -0.05) is 24.3 Å². The van der Waals surface area contributed by atoms with Crippen molar-refractivity contribution in [3.8, 4) is 0 Å². The molecule has 0 fully saturated rings. The molecule has 1 aliphatic rings. The molecule has 1 aliphatic carbocycles. The van der Waals surface area contributed by atoms with Crippen molar-refractivity contribution < 1.29 is 9.21 Å². The van der Waals surface area contributed by atoms with Gasteiger partial charge in [0.05, 0.1) is 6.26 Å². The van der Waals surface area contributed by atoms with E-state index in [1.54, 1.807) is 30.5 Å². The fourth-order valence-electron chi connectivity index (χ4n) is 1.38. The molecule has 1 aromatic rings. The minimum absolute atomic E-state index is 0.0378. The molecule has 16 heavy (non-hydrogen) atoms. The molecule has 0 aliphatic heterocycles.